The van der Waals surface area contributed by atoms with Crippen molar-refractivity contribution in [2.75, 3.05) is 18.4 Å². The van der Waals surface area contributed by atoms with E-state index in [1.165, 1.54) is 4.80 Å². The van der Waals surface area contributed by atoms with Gasteiger partial charge in [0.15, 0.2) is 0 Å². The number of nitrogens with one attached hydrogen (secondary N) is 2. The summed E-state index contributed by atoms with van der Waals surface area (Å²) in [6, 6.07) is 0. The van der Waals surface area contributed by atoms with Crippen molar-refractivity contribution >= 4 is 11.9 Å². The molecular weight excluding hydrogens is 220 g/mol. The van der Waals surface area contributed by atoms with Gasteiger partial charge in [-0.1, -0.05) is 5.10 Å². The van der Waals surface area contributed by atoms with Crippen LogP contribution in [0.2, 0.25) is 0 Å². The Morgan fingerprint density at radius 2 is 2.29 bits per heavy atom. The van der Waals surface area contributed by atoms with Crippen LogP contribution in [0, 0.1) is 5.92 Å². The lowest BCUT2D eigenvalue weighted by Crippen LogP contribution is -2.28. The molecule has 0 spiro atoms. The van der Waals surface area contributed by atoms with Crippen LogP contribution in [-0.2, 0) is 11.8 Å². The largest absolute Gasteiger partial charge is 0.317 e. The van der Waals surface area contributed by atoms with Crippen molar-refractivity contribution in [3.63, 3.8) is 0 Å². The molecule has 1 aliphatic rings. The number of piperidine rings is 1. The van der Waals surface area contributed by atoms with Gasteiger partial charge in [-0.05, 0) is 43.5 Å². The first-order valence-electron chi connectivity index (χ1n) is 5.98. The Morgan fingerprint density at radius 1 is 1.53 bits per heavy atom. The molecule has 17 heavy (non-hydrogen) atoms. The summed E-state index contributed by atoms with van der Waals surface area (Å²) in [7, 11) is 1.66. The highest BCUT2D eigenvalue weighted by atomic mass is 16.1. The molecule has 1 aromatic heterocycles. The van der Waals surface area contributed by atoms with E-state index >= 15 is 0 Å². The van der Waals surface area contributed by atoms with E-state index < -0.39 is 0 Å². The Labute approximate surface area is 100.0 Å². The number of hydrogen-bond acceptors (Lipinski definition) is 5. The van der Waals surface area contributed by atoms with E-state index in [4.69, 9.17) is 0 Å². The number of carbonyl (C=O) groups excluding carboxylic acids is 1. The average Bonchev–Trinajstić information content (AvgIpc) is 2.73. The molecule has 0 aliphatic carbocycles. The van der Waals surface area contributed by atoms with Crippen LogP contribution in [-0.4, -0.2) is 39.2 Å². The zero-order valence-electron chi connectivity index (χ0n) is 10.0. The van der Waals surface area contributed by atoms with Crippen molar-refractivity contribution in [2.24, 2.45) is 13.0 Å². The van der Waals surface area contributed by atoms with Gasteiger partial charge in [0.05, 0.1) is 7.05 Å². The zero-order chi connectivity index (χ0) is 12.1. The SMILES string of the molecule is Cn1nnc(NC(=O)CCC2CCNCC2)n1. The number of rotatable bonds is 4. The molecule has 0 bridgehead atoms. The van der Waals surface area contributed by atoms with Gasteiger partial charge in [-0.2, -0.15) is 4.80 Å². The van der Waals surface area contributed by atoms with E-state index in [2.05, 4.69) is 26.0 Å². The van der Waals surface area contributed by atoms with Crippen LogP contribution in [0.15, 0.2) is 0 Å². The third-order valence-electron chi connectivity index (χ3n) is 3.00. The van der Waals surface area contributed by atoms with Crippen molar-refractivity contribution in [1.29, 1.82) is 0 Å². The van der Waals surface area contributed by atoms with Crippen LogP contribution < -0.4 is 10.6 Å². The van der Waals surface area contributed by atoms with E-state index in [0.29, 0.717) is 12.3 Å². The maximum Gasteiger partial charge on any atom is 0.270 e. The van der Waals surface area contributed by atoms with E-state index in [9.17, 15) is 4.79 Å². The summed E-state index contributed by atoms with van der Waals surface area (Å²) in [5.41, 5.74) is 0. The van der Waals surface area contributed by atoms with Crippen LogP contribution in [0.5, 0.6) is 0 Å². The molecule has 7 nitrogen and oxygen atoms in total. The monoisotopic (exact) mass is 238 g/mol. The number of hydrogen-bond donors (Lipinski definition) is 2. The first-order valence-corrected chi connectivity index (χ1v) is 5.98. The molecule has 0 aromatic carbocycles. The molecule has 7 heteroatoms. The minimum Gasteiger partial charge on any atom is -0.317 e. The van der Waals surface area contributed by atoms with Gasteiger partial charge in [0.1, 0.15) is 0 Å². The van der Waals surface area contributed by atoms with Crippen molar-refractivity contribution in [3.05, 3.63) is 0 Å². The Bertz CT molecular complexity index is 371. The highest BCUT2D eigenvalue weighted by Crippen LogP contribution is 2.17. The molecule has 2 heterocycles. The fourth-order valence-corrected chi connectivity index (χ4v) is 2.03. The Hall–Kier alpha value is -1.50. The Kier molecular flexibility index (Phi) is 4.03. The maximum atomic E-state index is 11.6. The third kappa shape index (κ3) is 3.77. The molecule has 0 radical (unpaired) electrons. The normalized spacial score (nSPS) is 17.0. The Balaban J connectivity index is 1.70. The summed E-state index contributed by atoms with van der Waals surface area (Å²) in [5, 5.41) is 17.2. The first kappa shape index (κ1) is 12.0. The van der Waals surface area contributed by atoms with Crippen molar-refractivity contribution in [1.82, 2.24) is 25.5 Å². The number of amides is 1. The maximum absolute atomic E-state index is 11.6. The second-order valence-electron chi connectivity index (χ2n) is 4.38. The fourth-order valence-electron chi connectivity index (χ4n) is 2.03. The molecular formula is C10H18N6O. The van der Waals surface area contributed by atoms with Gasteiger partial charge in [-0.15, -0.1) is 5.10 Å². The van der Waals surface area contributed by atoms with Crippen molar-refractivity contribution in [2.45, 2.75) is 25.7 Å². The number of aryl methyl sites for hydroxylation is 1. The molecule has 1 aromatic rings. The summed E-state index contributed by atoms with van der Waals surface area (Å²) >= 11 is 0. The summed E-state index contributed by atoms with van der Waals surface area (Å²) in [6.45, 7) is 2.13. The lowest BCUT2D eigenvalue weighted by Gasteiger charge is -2.21. The molecule has 0 atom stereocenters. The van der Waals surface area contributed by atoms with Crippen LogP contribution in [0.4, 0.5) is 5.95 Å². The molecule has 1 amide bonds. The predicted octanol–water partition coefficient (Wildman–Crippen LogP) is -0.0716. The molecule has 1 fully saturated rings. The van der Waals surface area contributed by atoms with Gasteiger partial charge in [0.25, 0.3) is 5.95 Å². The standard InChI is InChI=1S/C10H18N6O/c1-16-14-10(13-15-16)12-9(17)3-2-8-4-6-11-7-5-8/h8,11H,2-7H2,1H3,(H,12,14,17). The second kappa shape index (κ2) is 5.72. The summed E-state index contributed by atoms with van der Waals surface area (Å²) in [4.78, 5) is 12.9. The van der Waals surface area contributed by atoms with Crippen LogP contribution in [0.25, 0.3) is 0 Å². The highest BCUT2D eigenvalue weighted by molar-refractivity contribution is 5.88. The van der Waals surface area contributed by atoms with E-state index in [1.807, 2.05) is 0 Å². The minimum atomic E-state index is -0.0310. The van der Waals surface area contributed by atoms with E-state index in [0.717, 1.165) is 32.4 Å². The first-order chi connectivity index (χ1) is 8.24. The van der Waals surface area contributed by atoms with Gasteiger partial charge >= 0.3 is 0 Å². The lowest BCUT2D eigenvalue weighted by molar-refractivity contribution is -0.116. The zero-order valence-corrected chi connectivity index (χ0v) is 10.0. The summed E-state index contributed by atoms with van der Waals surface area (Å²) in [6.07, 6.45) is 3.80. The molecule has 0 unspecified atom stereocenters. The Morgan fingerprint density at radius 3 is 2.94 bits per heavy atom. The van der Waals surface area contributed by atoms with Crippen LogP contribution in [0.3, 0.4) is 0 Å². The van der Waals surface area contributed by atoms with Crippen molar-refractivity contribution in [3.8, 4) is 0 Å². The molecule has 1 aliphatic heterocycles. The number of nitrogens with zero attached hydrogens (tertiary/aromatic N) is 4. The number of carbonyl (C=O) groups is 1. The predicted molar refractivity (Wildman–Crippen MR) is 62.3 cm³/mol. The van der Waals surface area contributed by atoms with E-state index in [-0.39, 0.29) is 11.9 Å². The molecule has 1 saturated heterocycles. The van der Waals surface area contributed by atoms with Crippen LogP contribution in [0.1, 0.15) is 25.7 Å². The van der Waals surface area contributed by atoms with Gasteiger partial charge < -0.3 is 5.32 Å². The quantitative estimate of drug-likeness (QED) is 0.767. The average molecular weight is 238 g/mol. The topological polar surface area (TPSA) is 84.7 Å². The summed E-state index contributed by atoms with van der Waals surface area (Å²) < 4.78 is 0. The third-order valence-corrected chi connectivity index (χ3v) is 3.00. The minimum absolute atomic E-state index is 0.0310. The smallest absolute Gasteiger partial charge is 0.270 e. The van der Waals surface area contributed by atoms with Crippen molar-refractivity contribution < 1.29 is 4.79 Å². The van der Waals surface area contributed by atoms with Gasteiger partial charge in [-0.25, -0.2) is 0 Å². The molecule has 2 N–H and O–H groups in total. The number of aromatic nitrogens is 4. The fraction of sp³-hybridized carbons (Fsp3) is 0.800. The summed E-state index contributed by atoms with van der Waals surface area (Å²) in [5.74, 6) is 0.913. The second-order valence-corrected chi connectivity index (χ2v) is 4.38. The van der Waals surface area contributed by atoms with Gasteiger partial charge in [0, 0.05) is 6.42 Å². The van der Waals surface area contributed by atoms with Gasteiger partial charge in [-0.3, -0.25) is 10.1 Å². The van der Waals surface area contributed by atoms with E-state index in [1.54, 1.807) is 7.05 Å². The highest BCUT2D eigenvalue weighted by Gasteiger charge is 2.15. The van der Waals surface area contributed by atoms with Crippen LogP contribution >= 0.6 is 0 Å². The molecule has 0 saturated carbocycles. The number of anilines is 1. The number of tetrazole rings is 1. The van der Waals surface area contributed by atoms with Gasteiger partial charge in [0.2, 0.25) is 5.91 Å². The molecule has 2 rings (SSSR count). The molecule has 94 valence electrons. The lowest BCUT2D eigenvalue weighted by atomic mass is 9.93.